The van der Waals surface area contributed by atoms with Crippen LogP contribution in [0.15, 0.2) is 23.0 Å². The molecule has 1 aromatic carbocycles. The number of hydrogen-bond donors (Lipinski definition) is 6. The van der Waals surface area contributed by atoms with E-state index < -0.39 is 58.0 Å². The number of nitrogens with zero attached hydrogens (tertiary/aromatic N) is 3. The second-order valence-corrected chi connectivity index (χ2v) is 12.6. The average Bonchev–Trinajstić information content (AvgIpc) is 2.90. The van der Waals surface area contributed by atoms with E-state index in [0.717, 1.165) is 31.6 Å². The van der Waals surface area contributed by atoms with Crippen molar-refractivity contribution >= 4 is 28.9 Å². The number of phenols is 1. The number of likely N-dealkylation sites (tertiary alicyclic amines) is 1. The number of Topliss-reactive ketones (excluding diaryl/α,β-unsaturated/α-hetero) is 2. The standard InChI is InChI=1S/C30H41N5O7/c1-33(2)19-12-15(13-32-16-6-8-35(5)9-7-16)24(36)21-17(19)10-14-11-18-23(34(3)4)26(38)22(29(31)41)28(40)30(18,42)27(39)20(14)25(21)37/h12,14,16,18,23,32,36-37,40,42H,6-11,13H2,1-5H3,(H2,31,41). The summed E-state index contributed by atoms with van der Waals surface area (Å²) >= 11 is 0. The SMILES string of the molecule is CN1CCC(NCc2cc(N(C)C)c3c(c2O)C(O)=C2C(=O)C4(O)C(O)=C(C(N)=O)C(=O)C(N(C)C)C4CC2C3)CC1. The van der Waals surface area contributed by atoms with Crippen molar-refractivity contribution in [2.75, 3.05) is 53.2 Å². The zero-order chi connectivity index (χ0) is 30.8. The molecule has 1 aliphatic heterocycles. The van der Waals surface area contributed by atoms with E-state index in [1.165, 1.54) is 4.90 Å². The molecule has 0 radical (unpaired) electrons. The van der Waals surface area contributed by atoms with Gasteiger partial charge in [0.15, 0.2) is 11.4 Å². The average molecular weight is 584 g/mol. The fraction of sp³-hybridized carbons (Fsp3) is 0.567. The van der Waals surface area contributed by atoms with Crippen LogP contribution in [0.2, 0.25) is 0 Å². The number of fused-ring (bicyclic) bond motifs is 3. The van der Waals surface area contributed by atoms with Gasteiger partial charge < -0.3 is 41.3 Å². The van der Waals surface area contributed by atoms with E-state index in [-0.39, 0.29) is 35.8 Å². The van der Waals surface area contributed by atoms with Crippen LogP contribution in [0.3, 0.4) is 0 Å². The third kappa shape index (κ3) is 4.48. The Labute approximate surface area is 245 Å². The highest BCUT2D eigenvalue weighted by Gasteiger charge is 2.64. The number of hydrogen-bond acceptors (Lipinski definition) is 11. The summed E-state index contributed by atoms with van der Waals surface area (Å²) in [6, 6.07) is 1.04. The summed E-state index contributed by atoms with van der Waals surface area (Å²) < 4.78 is 0. The molecular formula is C30H41N5O7. The number of nitrogens with one attached hydrogen (secondary N) is 1. The number of amides is 1. The number of phenolic OH excluding ortho intramolecular Hbond substituents is 1. The number of aliphatic hydroxyl groups is 3. The van der Waals surface area contributed by atoms with Gasteiger partial charge >= 0.3 is 0 Å². The highest BCUT2D eigenvalue weighted by Crippen LogP contribution is 2.54. The monoisotopic (exact) mass is 583 g/mol. The highest BCUT2D eigenvalue weighted by molar-refractivity contribution is 6.24. The Morgan fingerprint density at radius 2 is 1.79 bits per heavy atom. The third-order valence-corrected chi connectivity index (χ3v) is 9.56. The number of carbonyl (C=O) groups excluding carboxylic acids is 3. The first-order valence-electron chi connectivity index (χ1n) is 14.3. The predicted octanol–water partition coefficient (Wildman–Crippen LogP) is 0.214. The van der Waals surface area contributed by atoms with Crippen molar-refractivity contribution in [2.45, 2.75) is 49.9 Å². The van der Waals surface area contributed by atoms with Crippen LogP contribution in [0.5, 0.6) is 5.75 Å². The van der Waals surface area contributed by atoms with Crippen LogP contribution in [0.4, 0.5) is 5.69 Å². The smallest absolute Gasteiger partial charge is 0.255 e. The van der Waals surface area contributed by atoms with Gasteiger partial charge in [0, 0.05) is 49.4 Å². The normalized spacial score (nSPS) is 28.6. The Hall–Kier alpha value is -3.45. The first kappa shape index (κ1) is 30.0. The molecule has 1 saturated heterocycles. The van der Waals surface area contributed by atoms with Gasteiger partial charge in [-0.25, -0.2) is 0 Å². The second kappa shape index (κ2) is 10.7. The number of nitrogens with two attached hydrogens (primary N) is 1. The number of aliphatic hydroxyl groups excluding tert-OH is 2. The predicted molar refractivity (Wildman–Crippen MR) is 156 cm³/mol. The van der Waals surface area contributed by atoms with Crippen LogP contribution in [0, 0.1) is 11.8 Å². The van der Waals surface area contributed by atoms with Gasteiger partial charge in [-0.2, -0.15) is 0 Å². The summed E-state index contributed by atoms with van der Waals surface area (Å²) in [7, 11) is 8.96. The van der Waals surface area contributed by atoms with E-state index in [4.69, 9.17) is 5.73 Å². The van der Waals surface area contributed by atoms with Crippen LogP contribution in [0.25, 0.3) is 5.76 Å². The zero-order valence-corrected chi connectivity index (χ0v) is 24.8. The minimum atomic E-state index is -2.65. The van der Waals surface area contributed by atoms with Crippen molar-refractivity contribution < 1.29 is 34.8 Å². The van der Waals surface area contributed by atoms with Crippen LogP contribution < -0.4 is 16.0 Å². The summed E-state index contributed by atoms with van der Waals surface area (Å²) in [5, 5.41) is 49.5. The third-order valence-electron chi connectivity index (χ3n) is 9.56. The largest absolute Gasteiger partial charge is 0.508 e. The van der Waals surface area contributed by atoms with Crippen LogP contribution >= 0.6 is 0 Å². The second-order valence-electron chi connectivity index (χ2n) is 12.6. The molecule has 1 saturated carbocycles. The Kier molecular flexibility index (Phi) is 7.63. The van der Waals surface area contributed by atoms with Gasteiger partial charge in [0.25, 0.3) is 5.91 Å². The lowest BCUT2D eigenvalue weighted by molar-refractivity contribution is -0.153. The number of ketones is 2. The van der Waals surface area contributed by atoms with Crippen LogP contribution in [-0.4, -0.2) is 114 Å². The minimum absolute atomic E-state index is 0.0544. The van der Waals surface area contributed by atoms with E-state index >= 15 is 0 Å². The van der Waals surface area contributed by atoms with Gasteiger partial charge in [-0.05, 0) is 77.5 Å². The number of carbonyl (C=O) groups is 3. The molecule has 1 amide bonds. The number of benzene rings is 1. The molecule has 2 fully saturated rings. The maximum atomic E-state index is 14.1. The lowest BCUT2D eigenvalue weighted by atomic mass is 9.57. The number of piperidine rings is 1. The van der Waals surface area contributed by atoms with Crippen molar-refractivity contribution in [3.05, 3.63) is 39.7 Å². The van der Waals surface area contributed by atoms with Crippen molar-refractivity contribution in [1.82, 2.24) is 15.1 Å². The van der Waals surface area contributed by atoms with E-state index in [1.807, 2.05) is 25.1 Å². The fourth-order valence-electron chi connectivity index (χ4n) is 7.35. The van der Waals surface area contributed by atoms with Gasteiger partial charge in [-0.3, -0.25) is 19.3 Å². The van der Waals surface area contributed by atoms with Crippen molar-refractivity contribution in [1.29, 1.82) is 0 Å². The molecule has 4 atom stereocenters. The lowest BCUT2D eigenvalue weighted by Gasteiger charge is -2.50. The molecule has 4 unspecified atom stereocenters. The van der Waals surface area contributed by atoms with Crippen LogP contribution in [-0.2, 0) is 27.3 Å². The highest BCUT2D eigenvalue weighted by atomic mass is 16.3. The van der Waals surface area contributed by atoms with E-state index in [9.17, 15) is 34.8 Å². The fourth-order valence-corrected chi connectivity index (χ4v) is 7.35. The van der Waals surface area contributed by atoms with Gasteiger partial charge in [-0.1, -0.05) is 0 Å². The summed E-state index contributed by atoms with van der Waals surface area (Å²) in [6.07, 6.45) is 2.24. The maximum Gasteiger partial charge on any atom is 0.255 e. The summed E-state index contributed by atoms with van der Waals surface area (Å²) in [5.41, 5.74) is 3.85. The minimum Gasteiger partial charge on any atom is -0.508 e. The zero-order valence-electron chi connectivity index (χ0n) is 24.8. The lowest BCUT2D eigenvalue weighted by Crippen LogP contribution is -2.65. The first-order chi connectivity index (χ1) is 19.7. The molecule has 5 rings (SSSR count). The molecule has 12 heteroatoms. The molecule has 0 aromatic heterocycles. The molecule has 7 N–H and O–H groups in total. The topological polar surface area (TPSA) is 180 Å². The maximum absolute atomic E-state index is 14.1. The summed E-state index contributed by atoms with van der Waals surface area (Å²) in [4.78, 5) is 45.2. The molecule has 4 aliphatic rings. The molecule has 228 valence electrons. The van der Waals surface area contributed by atoms with Crippen molar-refractivity contribution in [2.24, 2.45) is 17.6 Å². The van der Waals surface area contributed by atoms with Crippen LogP contribution in [0.1, 0.15) is 36.0 Å². The Morgan fingerprint density at radius 3 is 2.36 bits per heavy atom. The molecule has 12 nitrogen and oxygen atoms in total. The Bertz CT molecular complexity index is 1410. The Morgan fingerprint density at radius 1 is 1.14 bits per heavy atom. The summed E-state index contributed by atoms with van der Waals surface area (Å²) in [6.45, 7) is 2.28. The number of rotatable bonds is 6. The summed E-state index contributed by atoms with van der Waals surface area (Å²) in [5.74, 6) is -6.49. The number of primary amides is 1. The number of anilines is 1. The molecule has 42 heavy (non-hydrogen) atoms. The molecule has 1 heterocycles. The van der Waals surface area contributed by atoms with Gasteiger partial charge in [0.05, 0.1) is 11.6 Å². The van der Waals surface area contributed by atoms with Crippen molar-refractivity contribution in [3.8, 4) is 5.75 Å². The van der Waals surface area contributed by atoms with Gasteiger partial charge in [-0.15, -0.1) is 0 Å². The van der Waals surface area contributed by atoms with Gasteiger partial charge in [0.2, 0.25) is 5.78 Å². The molecule has 1 aromatic rings. The molecule has 0 bridgehead atoms. The van der Waals surface area contributed by atoms with E-state index in [0.29, 0.717) is 17.7 Å². The Balaban J connectivity index is 1.62. The molecule has 0 spiro atoms. The number of aromatic hydroxyl groups is 1. The number of likely N-dealkylation sites (N-methyl/N-ethyl adjacent to an activating group) is 1. The van der Waals surface area contributed by atoms with Gasteiger partial charge in [0.1, 0.15) is 22.8 Å². The first-order valence-corrected chi connectivity index (χ1v) is 14.3. The van der Waals surface area contributed by atoms with Crippen molar-refractivity contribution in [3.63, 3.8) is 0 Å². The van der Waals surface area contributed by atoms with E-state index in [2.05, 4.69) is 17.3 Å². The molecule has 3 aliphatic carbocycles. The van der Waals surface area contributed by atoms with E-state index in [1.54, 1.807) is 14.1 Å². The molecular weight excluding hydrogens is 542 g/mol. The quantitative estimate of drug-likeness (QED) is 0.252.